The van der Waals surface area contributed by atoms with Crippen molar-refractivity contribution in [3.8, 4) is 0 Å². The van der Waals surface area contributed by atoms with E-state index in [0.29, 0.717) is 18.9 Å². The van der Waals surface area contributed by atoms with Gasteiger partial charge in [0, 0.05) is 0 Å². The Labute approximate surface area is 92.1 Å². The van der Waals surface area contributed by atoms with Gasteiger partial charge in [0.25, 0.3) is 0 Å². The summed E-state index contributed by atoms with van der Waals surface area (Å²) in [5, 5.41) is 0. The van der Waals surface area contributed by atoms with Crippen LogP contribution in [0.4, 0.5) is 0 Å². The second-order valence-corrected chi connectivity index (χ2v) is 4.13. The summed E-state index contributed by atoms with van der Waals surface area (Å²) in [5.41, 5.74) is 0. The van der Waals surface area contributed by atoms with Gasteiger partial charge in [0.1, 0.15) is 0 Å². The quantitative estimate of drug-likeness (QED) is 0.637. The summed E-state index contributed by atoms with van der Waals surface area (Å²) >= 11 is 0. The number of hydrogen-bond donors (Lipinski definition) is 0. The van der Waals surface area contributed by atoms with Gasteiger partial charge in [-0.2, -0.15) is 0 Å². The lowest BCUT2D eigenvalue weighted by atomic mass is 10.1. The Morgan fingerprint density at radius 2 is 2.00 bits per heavy atom. The van der Waals surface area contributed by atoms with Crippen molar-refractivity contribution < 1.29 is 14.3 Å². The molecule has 3 heteroatoms. The SMILES string of the molecule is CCOC(=O)C(CC)OCC1CCCC1. The summed E-state index contributed by atoms with van der Waals surface area (Å²) < 4.78 is 10.6. The Morgan fingerprint density at radius 1 is 1.33 bits per heavy atom. The smallest absolute Gasteiger partial charge is 0.335 e. The molecule has 0 saturated heterocycles. The third-order valence-corrected chi connectivity index (χ3v) is 2.93. The average molecular weight is 214 g/mol. The number of ether oxygens (including phenoxy) is 2. The van der Waals surface area contributed by atoms with Crippen LogP contribution in [-0.4, -0.2) is 25.3 Å². The molecule has 15 heavy (non-hydrogen) atoms. The van der Waals surface area contributed by atoms with Crippen molar-refractivity contribution in [2.45, 2.75) is 52.1 Å². The van der Waals surface area contributed by atoms with Crippen LogP contribution in [0, 0.1) is 5.92 Å². The Balaban J connectivity index is 2.23. The maximum absolute atomic E-state index is 11.4. The van der Waals surface area contributed by atoms with Gasteiger partial charge in [-0.15, -0.1) is 0 Å². The maximum Gasteiger partial charge on any atom is 0.335 e. The van der Waals surface area contributed by atoms with Crippen LogP contribution in [0.1, 0.15) is 46.0 Å². The van der Waals surface area contributed by atoms with Crippen LogP contribution in [0.5, 0.6) is 0 Å². The van der Waals surface area contributed by atoms with E-state index >= 15 is 0 Å². The fraction of sp³-hybridized carbons (Fsp3) is 0.917. The van der Waals surface area contributed by atoms with Crippen LogP contribution in [-0.2, 0) is 14.3 Å². The lowest BCUT2D eigenvalue weighted by Gasteiger charge is -2.17. The van der Waals surface area contributed by atoms with Crippen LogP contribution in [0.3, 0.4) is 0 Å². The number of hydrogen-bond acceptors (Lipinski definition) is 3. The molecular formula is C12H22O3. The van der Waals surface area contributed by atoms with E-state index in [2.05, 4.69) is 0 Å². The normalized spacial score (nSPS) is 19.1. The van der Waals surface area contributed by atoms with Crippen molar-refractivity contribution in [2.24, 2.45) is 5.92 Å². The molecule has 88 valence electrons. The van der Waals surface area contributed by atoms with Gasteiger partial charge in [0.2, 0.25) is 0 Å². The molecule has 1 atom stereocenters. The summed E-state index contributed by atoms with van der Waals surface area (Å²) in [6, 6.07) is 0. The van der Waals surface area contributed by atoms with Gasteiger partial charge in [0.15, 0.2) is 6.10 Å². The highest BCUT2D eigenvalue weighted by molar-refractivity contribution is 5.74. The van der Waals surface area contributed by atoms with E-state index in [9.17, 15) is 4.79 Å². The monoisotopic (exact) mass is 214 g/mol. The van der Waals surface area contributed by atoms with Crippen LogP contribution in [0.15, 0.2) is 0 Å². The largest absolute Gasteiger partial charge is 0.464 e. The molecular weight excluding hydrogens is 192 g/mol. The molecule has 0 N–H and O–H groups in total. The third kappa shape index (κ3) is 4.20. The molecule has 1 fully saturated rings. The Hall–Kier alpha value is -0.570. The Kier molecular flexibility index (Phi) is 5.69. The zero-order valence-corrected chi connectivity index (χ0v) is 9.83. The minimum atomic E-state index is -0.356. The van der Waals surface area contributed by atoms with E-state index in [-0.39, 0.29) is 12.1 Å². The number of rotatable bonds is 6. The lowest BCUT2D eigenvalue weighted by Crippen LogP contribution is -2.27. The molecule has 0 aromatic rings. The highest BCUT2D eigenvalue weighted by atomic mass is 16.6. The molecule has 0 amide bonds. The number of carbonyl (C=O) groups is 1. The summed E-state index contributed by atoms with van der Waals surface area (Å²) in [6.07, 6.45) is 5.46. The van der Waals surface area contributed by atoms with Gasteiger partial charge in [-0.1, -0.05) is 19.8 Å². The van der Waals surface area contributed by atoms with Gasteiger partial charge < -0.3 is 9.47 Å². The highest BCUT2D eigenvalue weighted by Gasteiger charge is 2.21. The van der Waals surface area contributed by atoms with Gasteiger partial charge in [-0.25, -0.2) is 4.79 Å². The molecule has 0 heterocycles. The molecule has 0 aliphatic heterocycles. The minimum absolute atomic E-state index is 0.210. The van der Waals surface area contributed by atoms with Crippen LogP contribution >= 0.6 is 0 Å². The number of carbonyl (C=O) groups excluding carboxylic acids is 1. The molecule has 0 spiro atoms. The molecule has 1 aliphatic rings. The van der Waals surface area contributed by atoms with Crippen molar-refractivity contribution in [3.05, 3.63) is 0 Å². The first-order valence-corrected chi connectivity index (χ1v) is 6.06. The Morgan fingerprint density at radius 3 is 2.53 bits per heavy atom. The van der Waals surface area contributed by atoms with Gasteiger partial charge in [0.05, 0.1) is 13.2 Å². The molecule has 1 saturated carbocycles. The van der Waals surface area contributed by atoms with Crippen LogP contribution in [0.2, 0.25) is 0 Å². The minimum Gasteiger partial charge on any atom is -0.464 e. The first kappa shape index (κ1) is 12.5. The van der Waals surface area contributed by atoms with E-state index < -0.39 is 0 Å². The standard InChI is InChI=1S/C12H22O3/c1-3-11(12(13)14-4-2)15-9-10-7-5-6-8-10/h10-11H,3-9H2,1-2H3. The van der Waals surface area contributed by atoms with Gasteiger partial charge in [-0.3, -0.25) is 0 Å². The molecule has 1 rings (SSSR count). The zero-order valence-electron chi connectivity index (χ0n) is 9.83. The average Bonchev–Trinajstić information content (AvgIpc) is 2.72. The fourth-order valence-electron chi connectivity index (χ4n) is 2.02. The molecule has 0 bridgehead atoms. The molecule has 1 aliphatic carbocycles. The second kappa shape index (κ2) is 6.83. The van der Waals surface area contributed by atoms with E-state index in [0.717, 1.165) is 6.61 Å². The van der Waals surface area contributed by atoms with Crippen LogP contribution in [0.25, 0.3) is 0 Å². The fourth-order valence-corrected chi connectivity index (χ4v) is 2.02. The van der Waals surface area contributed by atoms with Gasteiger partial charge in [-0.05, 0) is 32.1 Å². The van der Waals surface area contributed by atoms with Crippen molar-refractivity contribution in [1.82, 2.24) is 0 Å². The second-order valence-electron chi connectivity index (χ2n) is 4.13. The molecule has 0 radical (unpaired) electrons. The van der Waals surface area contributed by atoms with E-state index in [1.165, 1.54) is 25.7 Å². The van der Waals surface area contributed by atoms with Gasteiger partial charge >= 0.3 is 5.97 Å². The first-order chi connectivity index (χ1) is 7.27. The lowest BCUT2D eigenvalue weighted by molar-refractivity contribution is -0.157. The summed E-state index contributed by atoms with van der Waals surface area (Å²) in [7, 11) is 0. The molecule has 3 nitrogen and oxygen atoms in total. The van der Waals surface area contributed by atoms with Crippen molar-refractivity contribution in [2.75, 3.05) is 13.2 Å². The van der Waals surface area contributed by atoms with E-state index in [4.69, 9.17) is 9.47 Å². The molecule has 0 aromatic carbocycles. The summed E-state index contributed by atoms with van der Waals surface area (Å²) in [5.74, 6) is 0.450. The van der Waals surface area contributed by atoms with Crippen LogP contribution < -0.4 is 0 Å². The third-order valence-electron chi connectivity index (χ3n) is 2.93. The summed E-state index contributed by atoms with van der Waals surface area (Å²) in [6.45, 7) is 4.93. The predicted octanol–water partition coefficient (Wildman–Crippen LogP) is 2.53. The Bertz CT molecular complexity index is 185. The number of esters is 1. The van der Waals surface area contributed by atoms with Crippen molar-refractivity contribution >= 4 is 5.97 Å². The topological polar surface area (TPSA) is 35.5 Å². The predicted molar refractivity (Wildman–Crippen MR) is 58.6 cm³/mol. The highest BCUT2D eigenvalue weighted by Crippen LogP contribution is 2.25. The maximum atomic E-state index is 11.4. The first-order valence-electron chi connectivity index (χ1n) is 6.06. The van der Waals surface area contributed by atoms with Crippen molar-refractivity contribution in [3.63, 3.8) is 0 Å². The summed E-state index contributed by atoms with van der Waals surface area (Å²) in [4.78, 5) is 11.4. The van der Waals surface area contributed by atoms with Crippen molar-refractivity contribution in [1.29, 1.82) is 0 Å². The zero-order chi connectivity index (χ0) is 11.1. The van der Waals surface area contributed by atoms with E-state index in [1.54, 1.807) is 0 Å². The van der Waals surface area contributed by atoms with E-state index in [1.807, 2.05) is 13.8 Å². The molecule has 1 unspecified atom stereocenters. The molecule has 0 aromatic heterocycles.